The average Bonchev–Trinajstić information content (AvgIpc) is 3.72. The molecule has 2 saturated heterocycles. The van der Waals surface area contributed by atoms with Gasteiger partial charge in [-0.1, -0.05) is 0 Å². The lowest BCUT2D eigenvalue weighted by molar-refractivity contribution is -0.0314. The van der Waals surface area contributed by atoms with Gasteiger partial charge in [-0.05, 0) is 12.8 Å². The molecule has 6 atom stereocenters. The van der Waals surface area contributed by atoms with Crippen LogP contribution in [0.15, 0.2) is 30.0 Å². The van der Waals surface area contributed by atoms with E-state index in [9.17, 15) is 27.1 Å². The number of nitrogens with zero attached hydrogens (tertiary/aromatic N) is 6. The fourth-order valence-electron chi connectivity index (χ4n) is 5.09. The summed E-state index contributed by atoms with van der Waals surface area (Å²) in [6, 6.07) is 0. The Bertz CT molecular complexity index is 1880. The smallest absolute Gasteiger partial charge is 0.382 e. The average molecular weight is 646 g/mol. The number of hydrogen-bond acceptors (Lipinski definition) is 13. The summed E-state index contributed by atoms with van der Waals surface area (Å²) < 4.78 is 86.0. The summed E-state index contributed by atoms with van der Waals surface area (Å²) in [5.74, 6) is -0.653. The first kappa shape index (κ1) is 29.7. The van der Waals surface area contributed by atoms with E-state index in [0.29, 0.717) is 18.5 Å². The quantitative estimate of drug-likeness (QED) is 0.113. The Labute approximate surface area is 240 Å². The van der Waals surface area contributed by atoms with E-state index in [1.165, 1.54) is 21.8 Å². The summed E-state index contributed by atoms with van der Waals surface area (Å²) in [6.45, 7) is -0.886. The van der Waals surface area contributed by atoms with E-state index in [1.807, 2.05) is 4.72 Å². The van der Waals surface area contributed by atoms with Crippen LogP contribution < -0.4 is 16.0 Å². The van der Waals surface area contributed by atoms with E-state index >= 15 is 0 Å². The third-order valence-corrected chi connectivity index (χ3v) is 8.55. The molecule has 4 aromatic heterocycles. The molecule has 6 N–H and O–H groups in total. The van der Waals surface area contributed by atoms with Gasteiger partial charge >= 0.3 is 18.1 Å². The highest BCUT2D eigenvalue weighted by atomic mass is 32.2. The minimum atomic E-state index is -4.78. The Balaban J connectivity index is 1.12. The number of imidazole rings is 1. The van der Waals surface area contributed by atoms with Gasteiger partial charge in [0.05, 0.1) is 25.4 Å². The number of hydrogen-bond donors (Lipinski definition) is 5. The number of halogens is 1. The van der Waals surface area contributed by atoms with Crippen molar-refractivity contribution in [2.24, 2.45) is 0 Å². The lowest BCUT2D eigenvalue weighted by Gasteiger charge is -2.22. The Hall–Kier alpha value is -3.40. The third kappa shape index (κ3) is 6.16. The lowest BCUT2D eigenvalue weighted by atomic mass is 10.2. The molecule has 232 valence electrons. The number of nitrogens with two attached hydrogens (primary N) is 1. The van der Waals surface area contributed by atoms with E-state index in [1.54, 1.807) is 0 Å². The van der Waals surface area contributed by atoms with Crippen molar-refractivity contribution in [3.05, 3.63) is 41.3 Å². The predicted octanol–water partition coefficient (Wildman–Crippen LogP) is 0.146. The van der Waals surface area contributed by atoms with Crippen molar-refractivity contribution in [2.45, 2.75) is 50.0 Å². The summed E-state index contributed by atoms with van der Waals surface area (Å²) in [4.78, 5) is 41.0. The number of anilines is 1. The van der Waals surface area contributed by atoms with Gasteiger partial charge in [0, 0.05) is 19.2 Å². The summed E-state index contributed by atoms with van der Waals surface area (Å²) in [5.41, 5.74) is 5.86. The zero-order chi connectivity index (χ0) is 30.5. The normalized spacial score (nSPS) is 26.0. The van der Waals surface area contributed by atoms with Gasteiger partial charge in [-0.2, -0.15) is 13.1 Å². The van der Waals surface area contributed by atoms with Crippen LogP contribution in [0.25, 0.3) is 22.2 Å². The minimum Gasteiger partial charge on any atom is -0.382 e. The second kappa shape index (κ2) is 11.3. The van der Waals surface area contributed by atoms with E-state index in [0.717, 1.165) is 12.5 Å². The number of aromatic nitrogens is 7. The molecule has 6 heterocycles. The molecule has 1 unspecified atom stereocenters. The number of fused-ring (bicyclic) bond motifs is 2. The van der Waals surface area contributed by atoms with Crippen LogP contribution >= 0.6 is 7.82 Å². The zero-order valence-corrected chi connectivity index (χ0v) is 23.6. The largest absolute Gasteiger partial charge is 0.472 e. The second-order valence-corrected chi connectivity index (χ2v) is 12.4. The molecule has 2 aliphatic rings. The highest BCUT2D eigenvalue weighted by molar-refractivity contribution is 7.83. The topological polar surface area (TPSA) is 261 Å². The first-order chi connectivity index (χ1) is 20.4. The van der Waals surface area contributed by atoms with E-state index in [4.69, 9.17) is 28.8 Å². The SMILES string of the molecule is Nc1ncnc2c1ncn2[C@H]1C[C@H](OP(=O)(O)OC[C@@H]2CC[C@H](n3cc(F)c4c(=O)[nH]cnc43)O2)[C@@H](CNS(=O)(=O)O)O1. The monoisotopic (exact) mass is 645 g/mol. The van der Waals surface area contributed by atoms with Crippen molar-refractivity contribution in [1.82, 2.24) is 38.8 Å². The maximum atomic E-state index is 14.4. The van der Waals surface area contributed by atoms with Crippen LogP contribution in [-0.4, -0.2) is 83.4 Å². The highest BCUT2D eigenvalue weighted by Gasteiger charge is 2.43. The molecule has 0 spiro atoms. The van der Waals surface area contributed by atoms with E-state index in [2.05, 4.69) is 24.9 Å². The number of rotatable bonds is 10. The Morgan fingerprint density at radius 3 is 2.79 bits per heavy atom. The number of H-pyrrole nitrogens is 1. The standard InChI is InChI=1S/C21H25FN9O10PS/c22-11-5-30(19-16(11)21(32)27-8-25-19)14-2-1-10(39-14)6-38-42(33,34)41-12-3-15(40-13(12)4-29-43(35,36)37)31-9-28-17-18(23)24-7-26-20(17)31/h5,7-10,12-15,29H,1-4,6H2,(H,33,34)(H2,23,24,26)(H,25,27,32)(H,35,36,37)/t10-,12-,13+,14+,15+/m0/s1. The molecule has 0 bridgehead atoms. The van der Waals surface area contributed by atoms with Crippen molar-refractivity contribution in [1.29, 1.82) is 0 Å². The van der Waals surface area contributed by atoms with Gasteiger partial charge in [-0.15, -0.1) is 0 Å². The Morgan fingerprint density at radius 1 is 1.19 bits per heavy atom. The van der Waals surface area contributed by atoms with Gasteiger partial charge in [0.15, 0.2) is 22.9 Å². The molecule has 0 aromatic carbocycles. The van der Waals surface area contributed by atoms with E-state index in [-0.39, 0.29) is 35.4 Å². The number of phosphoric acid groups is 1. The first-order valence-electron chi connectivity index (χ1n) is 12.7. The van der Waals surface area contributed by atoms with Crippen molar-refractivity contribution in [2.75, 3.05) is 18.9 Å². The van der Waals surface area contributed by atoms with Crippen LogP contribution in [0.4, 0.5) is 10.2 Å². The fraction of sp³-hybridized carbons (Fsp3) is 0.476. The van der Waals surface area contributed by atoms with Crippen LogP contribution in [0.5, 0.6) is 0 Å². The fourth-order valence-corrected chi connectivity index (χ4v) is 6.45. The van der Waals surface area contributed by atoms with Crippen molar-refractivity contribution in [3.63, 3.8) is 0 Å². The lowest BCUT2D eigenvalue weighted by Crippen LogP contribution is -2.37. The maximum Gasteiger partial charge on any atom is 0.472 e. The predicted molar refractivity (Wildman–Crippen MR) is 142 cm³/mol. The van der Waals surface area contributed by atoms with Gasteiger partial charge < -0.3 is 29.7 Å². The zero-order valence-electron chi connectivity index (χ0n) is 21.9. The van der Waals surface area contributed by atoms with Gasteiger partial charge in [0.25, 0.3) is 5.56 Å². The first-order valence-corrected chi connectivity index (χ1v) is 15.7. The molecule has 0 aliphatic carbocycles. The molecule has 43 heavy (non-hydrogen) atoms. The molecule has 19 nitrogen and oxygen atoms in total. The highest BCUT2D eigenvalue weighted by Crippen LogP contribution is 2.49. The van der Waals surface area contributed by atoms with Crippen LogP contribution in [0.3, 0.4) is 0 Å². The number of aromatic amines is 1. The molecule has 6 rings (SSSR count). The van der Waals surface area contributed by atoms with Crippen LogP contribution in [0.1, 0.15) is 31.7 Å². The number of nitrogen functional groups attached to an aromatic ring is 1. The summed E-state index contributed by atoms with van der Waals surface area (Å²) in [5, 5.41) is -0.214. The summed E-state index contributed by atoms with van der Waals surface area (Å²) in [7, 11) is -9.41. The number of ether oxygens (including phenoxy) is 2. The minimum absolute atomic E-state index is 0.0680. The maximum absolute atomic E-state index is 14.4. The van der Waals surface area contributed by atoms with Gasteiger partial charge in [-0.3, -0.25) is 23.0 Å². The van der Waals surface area contributed by atoms with Crippen LogP contribution in [0, 0.1) is 5.82 Å². The van der Waals surface area contributed by atoms with Gasteiger partial charge in [0.2, 0.25) is 0 Å². The van der Waals surface area contributed by atoms with Gasteiger partial charge in [0.1, 0.15) is 41.9 Å². The molecule has 0 radical (unpaired) electrons. The molecule has 4 aromatic rings. The van der Waals surface area contributed by atoms with Crippen molar-refractivity contribution < 1.29 is 45.3 Å². The number of nitrogens with one attached hydrogen (secondary N) is 2. The van der Waals surface area contributed by atoms with Crippen LogP contribution in [-0.2, 0) is 33.4 Å². The molecule has 22 heteroatoms. The molecule has 0 saturated carbocycles. The van der Waals surface area contributed by atoms with Gasteiger partial charge in [-0.25, -0.2) is 28.9 Å². The summed E-state index contributed by atoms with van der Waals surface area (Å²) in [6.07, 6.45) is 0.870. The Kier molecular flexibility index (Phi) is 7.77. The second-order valence-electron chi connectivity index (χ2n) is 9.78. The molecule has 2 fully saturated rings. The number of phosphoric ester groups is 1. The van der Waals surface area contributed by atoms with Crippen molar-refractivity contribution >= 4 is 46.1 Å². The van der Waals surface area contributed by atoms with E-state index < -0.39 is 66.8 Å². The molecule has 0 amide bonds. The molecular formula is C21H25FN9O10PS. The van der Waals surface area contributed by atoms with Crippen LogP contribution in [0.2, 0.25) is 0 Å². The van der Waals surface area contributed by atoms with Crippen molar-refractivity contribution in [3.8, 4) is 0 Å². The summed E-state index contributed by atoms with van der Waals surface area (Å²) >= 11 is 0. The Morgan fingerprint density at radius 2 is 2.00 bits per heavy atom. The molecular weight excluding hydrogens is 620 g/mol. The molecule has 2 aliphatic heterocycles. The third-order valence-electron chi connectivity index (χ3n) is 7.00.